The molecule has 0 bridgehead atoms. The number of hydrogen-bond acceptors (Lipinski definition) is 3. The van der Waals surface area contributed by atoms with Crippen molar-refractivity contribution in [3.8, 4) is 5.75 Å². The minimum absolute atomic E-state index is 0.152. The number of hydrogen-bond donors (Lipinski definition) is 1. The fourth-order valence-corrected chi connectivity index (χ4v) is 7.29. The normalized spacial score (nSPS) is 23.3. The van der Waals surface area contributed by atoms with Crippen molar-refractivity contribution in [1.82, 2.24) is 10.2 Å². The summed E-state index contributed by atoms with van der Waals surface area (Å²) in [6, 6.07) is 19.4. The van der Waals surface area contributed by atoms with Gasteiger partial charge >= 0.3 is 0 Å². The van der Waals surface area contributed by atoms with Crippen molar-refractivity contribution in [1.29, 1.82) is 0 Å². The van der Waals surface area contributed by atoms with Gasteiger partial charge in [-0.3, -0.25) is 9.89 Å². The molecule has 0 saturated heterocycles. The number of ether oxygens (including phenoxy) is 1. The number of amides is 1. The number of likely N-dealkylation sites (N-methyl/N-ethyl adjacent to an activating group) is 1. The van der Waals surface area contributed by atoms with E-state index in [4.69, 9.17) is 4.74 Å². The number of nitrogens with one attached hydrogen (secondary N) is 1. The summed E-state index contributed by atoms with van der Waals surface area (Å²) in [6.07, 6.45) is 12.9. The van der Waals surface area contributed by atoms with Crippen LogP contribution in [-0.4, -0.2) is 30.3 Å². The number of rotatable bonds is 7. The van der Waals surface area contributed by atoms with Crippen LogP contribution in [0.5, 0.6) is 5.75 Å². The molecule has 3 aliphatic rings. The molecule has 3 unspecified atom stereocenters. The van der Waals surface area contributed by atoms with Crippen molar-refractivity contribution in [2.24, 2.45) is 5.92 Å². The van der Waals surface area contributed by atoms with Gasteiger partial charge in [-0.15, -0.1) is 0 Å². The summed E-state index contributed by atoms with van der Waals surface area (Å²) in [6.45, 7) is 2.29. The first-order valence-corrected chi connectivity index (χ1v) is 14.8. The Morgan fingerprint density at radius 1 is 1.10 bits per heavy atom. The van der Waals surface area contributed by atoms with Gasteiger partial charge in [0, 0.05) is 24.0 Å². The van der Waals surface area contributed by atoms with Crippen LogP contribution in [0, 0.1) is 5.92 Å². The Morgan fingerprint density at radius 3 is 2.85 bits per heavy atom. The minimum atomic E-state index is -0.489. The van der Waals surface area contributed by atoms with E-state index in [-0.39, 0.29) is 11.8 Å². The Balaban J connectivity index is 1.11. The molecule has 3 aromatic carbocycles. The second-order valence-corrected chi connectivity index (χ2v) is 12.0. The Labute approximate surface area is 236 Å². The fourth-order valence-electron chi connectivity index (χ4n) is 7.29. The summed E-state index contributed by atoms with van der Waals surface area (Å²) in [5.41, 5.74) is 8.98. The van der Waals surface area contributed by atoms with Crippen molar-refractivity contribution < 1.29 is 9.53 Å². The van der Waals surface area contributed by atoms with Crippen LogP contribution in [0.2, 0.25) is 0 Å². The predicted molar refractivity (Wildman–Crippen MR) is 162 cm³/mol. The molecular formula is C35H37N3O2. The van der Waals surface area contributed by atoms with Gasteiger partial charge in [0.2, 0.25) is 5.91 Å². The van der Waals surface area contributed by atoms with Crippen LogP contribution in [0.25, 0.3) is 23.1 Å². The molecule has 3 atom stereocenters. The zero-order valence-corrected chi connectivity index (χ0v) is 23.7. The first-order valence-electron chi connectivity index (χ1n) is 14.8. The number of benzene rings is 3. The summed E-state index contributed by atoms with van der Waals surface area (Å²) < 4.78 is 5.48. The monoisotopic (exact) mass is 531 g/mol. The van der Waals surface area contributed by atoms with Crippen LogP contribution in [-0.2, 0) is 23.1 Å². The number of methoxy groups -OCH3 is 1. The van der Waals surface area contributed by atoms with Crippen molar-refractivity contribution in [2.45, 2.75) is 63.2 Å². The van der Waals surface area contributed by atoms with Gasteiger partial charge < -0.3 is 9.64 Å². The molecule has 4 aromatic rings. The first-order chi connectivity index (χ1) is 19.5. The van der Waals surface area contributed by atoms with Gasteiger partial charge in [-0.25, -0.2) is 0 Å². The molecule has 7 rings (SSSR count). The van der Waals surface area contributed by atoms with Crippen molar-refractivity contribution in [3.05, 3.63) is 88.1 Å². The molecule has 1 spiro atoms. The maximum absolute atomic E-state index is 13.4. The summed E-state index contributed by atoms with van der Waals surface area (Å²) >= 11 is 0. The zero-order valence-electron chi connectivity index (χ0n) is 23.7. The van der Waals surface area contributed by atoms with E-state index in [1.54, 1.807) is 12.0 Å². The number of carbonyl (C=O) groups excluding carboxylic acids is 1. The molecule has 5 heteroatoms. The number of H-pyrrole nitrogens is 1. The second kappa shape index (κ2) is 9.65. The highest BCUT2D eigenvalue weighted by Gasteiger charge is 2.66. The molecule has 1 amide bonds. The molecule has 1 fully saturated rings. The quantitative estimate of drug-likeness (QED) is 0.270. The molecule has 1 aliphatic heterocycles. The van der Waals surface area contributed by atoms with Crippen molar-refractivity contribution in [3.63, 3.8) is 0 Å². The molecule has 2 aliphatic carbocycles. The van der Waals surface area contributed by atoms with E-state index in [0.29, 0.717) is 0 Å². The van der Waals surface area contributed by atoms with Gasteiger partial charge in [-0.05, 0) is 89.8 Å². The lowest BCUT2D eigenvalue weighted by Crippen LogP contribution is -2.29. The molecule has 204 valence electrons. The minimum Gasteiger partial charge on any atom is -0.497 e. The lowest BCUT2D eigenvalue weighted by molar-refractivity contribution is -0.120. The Hall–Kier alpha value is -3.86. The van der Waals surface area contributed by atoms with Crippen LogP contribution < -0.4 is 9.64 Å². The first kappa shape index (κ1) is 25.1. The number of nitrogens with zero attached hydrogens (tertiary/aromatic N) is 2. The molecular weight excluding hydrogens is 494 g/mol. The van der Waals surface area contributed by atoms with Crippen LogP contribution in [0.3, 0.4) is 0 Å². The van der Waals surface area contributed by atoms with Gasteiger partial charge in [-0.2, -0.15) is 5.10 Å². The molecule has 1 aromatic heterocycles. The lowest BCUT2D eigenvalue weighted by Gasteiger charge is -2.24. The van der Waals surface area contributed by atoms with Crippen LogP contribution in [0.15, 0.2) is 54.6 Å². The summed E-state index contributed by atoms with van der Waals surface area (Å²) in [5.74, 6) is 1.97. The standard InChI is InChI=1S/C35H37N3O2/c1-4-5-6-22-7-10-25-18-23(8-11-24(25)17-22)9-15-31-28-14-12-26(19-32(28)37-36-31)30-21-35(30)29-20-27(40-3)13-16-33(29)38(2)34(35)39/h8-9,11-16,18-20,22,30H,4-7,10,17,21H2,1-3H3,(H,36,37)/b15-9+. The number of aryl methyl sites for hydroxylation is 1. The second-order valence-electron chi connectivity index (χ2n) is 12.0. The van der Waals surface area contributed by atoms with Crippen molar-refractivity contribution >= 4 is 34.6 Å². The largest absolute Gasteiger partial charge is 0.497 e. The Morgan fingerprint density at radius 2 is 2.00 bits per heavy atom. The Bertz CT molecular complexity index is 1650. The van der Waals surface area contributed by atoms with E-state index in [0.717, 1.165) is 45.9 Å². The summed E-state index contributed by atoms with van der Waals surface area (Å²) in [5, 5.41) is 8.97. The summed E-state index contributed by atoms with van der Waals surface area (Å²) in [7, 11) is 3.55. The zero-order chi connectivity index (χ0) is 27.4. The third-order valence-corrected chi connectivity index (χ3v) is 9.67. The van der Waals surface area contributed by atoms with Crippen LogP contribution in [0.4, 0.5) is 5.69 Å². The van der Waals surface area contributed by atoms with E-state index in [9.17, 15) is 4.79 Å². The number of aromatic amines is 1. The number of unbranched alkanes of at least 4 members (excludes halogenated alkanes) is 1. The van der Waals surface area contributed by atoms with E-state index in [1.807, 2.05) is 25.2 Å². The maximum Gasteiger partial charge on any atom is 0.238 e. The van der Waals surface area contributed by atoms with Gasteiger partial charge in [0.25, 0.3) is 0 Å². The predicted octanol–water partition coefficient (Wildman–Crippen LogP) is 7.44. The average Bonchev–Trinajstić information content (AvgIpc) is 3.57. The molecule has 1 saturated carbocycles. The van der Waals surface area contributed by atoms with Gasteiger partial charge in [0.15, 0.2) is 0 Å². The highest BCUT2D eigenvalue weighted by atomic mass is 16.5. The van der Waals surface area contributed by atoms with Crippen molar-refractivity contribution in [2.75, 3.05) is 19.1 Å². The number of anilines is 1. The SMILES string of the molecule is CCCCC1CCc2cc(/C=C/c3n[nH]c4cc(C5CC56C(=O)N(C)c5ccc(OC)cc56)ccc34)ccc2C1. The van der Waals surface area contributed by atoms with Crippen LogP contribution >= 0.6 is 0 Å². The van der Waals surface area contributed by atoms with E-state index >= 15 is 0 Å². The maximum atomic E-state index is 13.4. The fraction of sp³-hybridized carbons (Fsp3) is 0.371. The van der Waals surface area contributed by atoms with Gasteiger partial charge in [0.05, 0.1) is 23.7 Å². The smallest absolute Gasteiger partial charge is 0.238 e. The van der Waals surface area contributed by atoms with Gasteiger partial charge in [0.1, 0.15) is 5.75 Å². The van der Waals surface area contributed by atoms with E-state index in [1.165, 1.54) is 60.8 Å². The van der Waals surface area contributed by atoms with Crippen LogP contribution in [0.1, 0.15) is 78.5 Å². The molecule has 40 heavy (non-hydrogen) atoms. The third kappa shape index (κ3) is 3.97. The highest BCUT2D eigenvalue weighted by Crippen LogP contribution is 2.66. The topological polar surface area (TPSA) is 58.2 Å². The average molecular weight is 532 g/mol. The molecule has 1 N–H and O–H groups in total. The van der Waals surface area contributed by atoms with E-state index in [2.05, 4.69) is 65.7 Å². The highest BCUT2D eigenvalue weighted by molar-refractivity contribution is 6.11. The lowest BCUT2D eigenvalue weighted by atomic mass is 9.81. The third-order valence-electron chi connectivity index (χ3n) is 9.67. The number of fused-ring (bicyclic) bond motifs is 4. The molecule has 5 nitrogen and oxygen atoms in total. The Kier molecular flexibility index (Phi) is 6.06. The number of aromatic nitrogens is 2. The molecule has 0 radical (unpaired) electrons. The van der Waals surface area contributed by atoms with Gasteiger partial charge in [-0.1, -0.05) is 62.6 Å². The van der Waals surface area contributed by atoms with E-state index < -0.39 is 5.41 Å². The summed E-state index contributed by atoms with van der Waals surface area (Å²) in [4.78, 5) is 15.2. The molecule has 2 heterocycles. The number of carbonyl (C=O) groups is 1.